The minimum atomic E-state index is 0.458. The maximum Gasteiger partial charge on any atom is 0.0907 e. The second kappa shape index (κ2) is 3.82. The topological polar surface area (TPSA) is 38.9 Å². The number of fused-ring (bicyclic) bond motifs is 1. The first-order valence-electron chi connectivity index (χ1n) is 5.82. The van der Waals surface area contributed by atoms with Crippen LogP contribution in [0.15, 0.2) is 18.2 Å². The molecule has 0 atom stereocenters. The molecular weight excluding hydrogens is 216 g/mol. The minimum absolute atomic E-state index is 0.458. The van der Waals surface area contributed by atoms with E-state index in [4.69, 9.17) is 5.73 Å². The normalized spacial score (nSPS) is 24.6. The molecule has 1 aliphatic carbocycles. The number of aryl methyl sites for hydroxylation is 1. The molecule has 0 amide bonds. The maximum atomic E-state index is 5.81. The van der Waals surface area contributed by atoms with E-state index in [0.29, 0.717) is 6.04 Å². The van der Waals surface area contributed by atoms with Crippen molar-refractivity contribution in [2.45, 2.75) is 32.2 Å². The molecule has 3 heteroatoms. The van der Waals surface area contributed by atoms with Crippen molar-refractivity contribution in [1.82, 2.24) is 4.98 Å². The second-order valence-corrected chi connectivity index (χ2v) is 6.07. The summed E-state index contributed by atoms with van der Waals surface area (Å²) in [5, 5.41) is 1.15. The molecule has 2 nitrogen and oxygen atoms in total. The Kier molecular flexibility index (Phi) is 2.45. The Hall–Kier alpha value is -0.930. The van der Waals surface area contributed by atoms with E-state index < -0.39 is 0 Å². The van der Waals surface area contributed by atoms with Crippen molar-refractivity contribution in [2.75, 3.05) is 0 Å². The molecular formula is C13H16N2S. The van der Waals surface area contributed by atoms with Gasteiger partial charge in [0.25, 0.3) is 0 Å². The van der Waals surface area contributed by atoms with Crippen molar-refractivity contribution in [2.24, 2.45) is 11.7 Å². The lowest BCUT2D eigenvalue weighted by Gasteiger charge is -2.32. The quantitative estimate of drug-likeness (QED) is 0.864. The first-order valence-corrected chi connectivity index (χ1v) is 6.64. The molecule has 84 valence electrons. The monoisotopic (exact) mass is 232 g/mol. The molecule has 1 aliphatic rings. The smallest absolute Gasteiger partial charge is 0.0907 e. The van der Waals surface area contributed by atoms with Gasteiger partial charge in [0, 0.05) is 6.04 Å². The van der Waals surface area contributed by atoms with Crippen molar-refractivity contribution in [1.29, 1.82) is 0 Å². The largest absolute Gasteiger partial charge is 0.328 e. The third-order valence-electron chi connectivity index (χ3n) is 3.36. The number of rotatable bonds is 2. The zero-order chi connectivity index (χ0) is 11.1. The van der Waals surface area contributed by atoms with Crippen LogP contribution < -0.4 is 5.73 Å². The summed E-state index contributed by atoms with van der Waals surface area (Å²) < 4.78 is 1.32. The van der Waals surface area contributed by atoms with Gasteiger partial charge in [-0.15, -0.1) is 11.3 Å². The molecule has 1 fully saturated rings. The molecule has 16 heavy (non-hydrogen) atoms. The number of nitrogens with two attached hydrogens (primary N) is 1. The van der Waals surface area contributed by atoms with Crippen molar-refractivity contribution in [3.8, 4) is 0 Å². The maximum absolute atomic E-state index is 5.81. The SMILES string of the molecule is Cc1nc2ccc(CC3CC(N)C3)cc2s1. The predicted octanol–water partition coefficient (Wildman–Crippen LogP) is 2.88. The molecule has 3 rings (SSSR count). The molecule has 2 aromatic rings. The van der Waals surface area contributed by atoms with Gasteiger partial charge in [0.15, 0.2) is 0 Å². The molecule has 0 radical (unpaired) electrons. The molecule has 0 aliphatic heterocycles. The molecule has 1 aromatic carbocycles. The van der Waals surface area contributed by atoms with E-state index >= 15 is 0 Å². The van der Waals surface area contributed by atoms with Crippen LogP contribution in [0, 0.1) is 12.8 Å². The average Bonchev–Trinajstić information content (AvgIpc) is 2.55. The van der Waals surface area contributed by atoms with Crippen molar-refractivity contribution >= 4 is 21.6 Å². The van der Waals surface area contributed by atoms with Gasteiger partial charge in [0.2, 0.25) is 0 Å². The van der Waals surface area contributed by atoms with E-state index in [1.807, 2.05) is 0 Å². The standard InChI is InChI=1S/C13H16N2S/c1-8-15-12-3-2-9(7-13(12)16-8)4-10-5-11(14)6-10/h2-3,7,10-11H,4-6,14H2,1H3. The fraction of sp³-hybridized carbons (Fsp3) is 0.462. The summed E-state index contributed by atoms with van der Waals surface area (Å²) in [5.41, 5.74) is 8.38. The van der Waals surface area contributed by atoms with Crippen molar-refractivity contribution in [3.05, 3.63) is 28.8 Å². The van der Waals surface area contributed by atoms with Crippen molar-refractivity contribution in [3.63, 3.8) is 0 Å². The highest BCUT2D eigenvalue weighted by atomic mass is 32.1. The summed E-state index contributed by atoms with van der Waals surface area (Å²) in [6.45, 7) is 2.06. The summed E-state index contributed by atoms with van der Waals surface area (Å²) >= 11 is 1.78. The zero-order valence-electron chi connectivity index (χ0n) is 9.44. The highest BCUT2D eigenvalue weighted by molar-refractivity contribution is 7.18. The lowest BCUT2D eigenvalue weighted by Crippen LogP contribution is -2.37. The Labute approximate surface area is 99.5 Å². The van der Waals surface area contributed by atoms with Gasteiger partial charge in [-0.2, -0.15) is 0 Å². The summed E-state index contributed by atoms with van der Waals surface area (Å²) in [5.74, 6) is 0.807. The van der Waals surface area contributed by atoms with Crippen molar-refractivity contribution < 1.29 is 0 Å². The van der Waals surface area contributed by atoms with Crippen LogP contribution in [0.5, 0.6) is 0 Å². The number of benzene rings is 1. The summed E-state index contributed by atoms with van der Waals surface area (Å²) in [4.78, 5) is 4.48. The van der Waals surface area contributed by atoms with Crippen LogP contribution >= 0.6 is 11.3 Å². The highest BCUT2D eigenvalue weighted by Gasteiger charge is 2.25. The van der Waals surface area contributed by atoms with Crippen LogP contribution in [-0.4, -0.2) is 11.0 Å². The Morgan fingerprint density at radius 1 is 1.44 bits per heavy atom. The van der Waals surface area contributed by atoms with E-state index in [9.17, 15) is 0 Å². The number of hydrogen-bond acceptors (Lipinski definition) is 3. The lowest BCUT2D eigenvalue weighted by atomic mass is 9.77. The third-order valence-corrected chi connectivity index (χ3v) is 4.29. The van der Waals surface area contributed by atoms with Gasteiger partial charge in [-0.25, -0.2) is 4.98 Å². The molecule has 0 bridgehead atoms. The summed E-state index contributed by atoms with van der Waals surface area (Å²) in [7, 11) is 0. The molecule has 0 spiro atoms. The van der Waals surface area contributed by atoms with Gasteiger partial charge in [-0.1, -0.05) is 6.07 Å². The number of nitrogens with zero attached hydrogens (tertiary/aromatic N) is 1. The van der Waals surface area contributed by atoms with E-state index in [1.54, 1.807) is 11.3 Å². The van der Waals surface area contributed by atoms with Crippen LogP contribution in [0.2, 0.25) is 0 Å². The zero-order valence-corrected chi connectivity index (χ0v) is 10.3. The molecule has 0 unspecified atom stereocenters. The van der Waals surface area contributed by atoms with Gasteiger partial charge in [0.05, 0.1) is 15.2 Å². The van der Waals surface area contributed by atoms with Crippen LogP contribution in [0.3, 0.4) is 0 Å². The van der Waals surface area contributed by atoms with E-state index in [-0.39, 0.29) is 0 Å². The average molecular weight is 232 g/mol. The molecule has 1 aromatic heterocycles. The Balaban J connectivity index is 1.82. The molecule has 2 N–H and O–H groups in total. The van der Waals surface area contributed by atoms with Gasteiger partial charge in [0.1, 0.15) is 0 Å². The first kappa shape index (κ1) is 10.2. The van der Waals surface area contributed by atoms with Gasteiger partial charge < -0.3 is 5.73 Å². The van der Waals surface area contributed by atoms with E-state index in [1.165, 1.54) is 29.5 Å². The van der Waals surface area contributed by atoms with Crippen LogP contribution in [0.4, 0.5) is 0 Å². The predicted molar refractivity (Wildman–Crippen MR) is 68.8 cm³/mol. The van der Waals surface area contributed by atoms with Gasteiger partial charge in [-0.05, 0) is 49.8 Å². The number of aromatic nitrogens is 1. The van der Waals surface area contributed by atoms with Gasteiger partial charge >= 0.3 is 0 Å². The fourth-order valence-corrected chi connectivity index (χ4v) is 3.39. The van der Waals surface area contributed by atoms with E-state index in [2.05, 4.69) is 30.1 Å². The third kappa shape index (κ3) is 1.85. The van der Waals surface area contributed by atoms with Gasteiger partial charge in [-0.3, -0.25) is 0 Å². The Morgan fingerprint density at radius 3 is 3.00 bits per heavy atom. The van der Waals surface area contributed by atoms with Crippen LogP contribution in [0.25, 0.3) is 10.2 Å². The lowest BCUT2D eigenvalue weighted by molar-refractivity contribution is 0.264. The van der Waals surface area contributed by atoms with Crippen LogP contribution in [-0.2, 0) is 6.42 Å². The van der Waals surface area contributed by atoms with Crippen LogP contribution in [0.1, 0.15) is 23.4 Å². The summed E-state index contributed by atoms with van der Waals surface area (Å²) in [6.07, 6.45) is 3.57. The number of hydrogen-bond donors (Lipinski definition) is 1. The number of thiazole rings is 1. The fourth-order valence-electron chi connectivity index (χ4n) is 2.50. The molecule has 1 saturated carbocycles. The Morgan fingerprint density at radius 2 is 2.25 bits per heavy atom. The molecule has 0 saturated heterocycles. The minimum Gasteiger partial charge on any atom is -0.328 e. The Bertz CT molecular complexity index is 512. The second-order valence-electron chi connectivity index (χ2n) is 4.84. The highest BCUT2D eigenvalue weighted by Crippen LogP contribution is 2.30. The molecule has 1 heterocycles. The summed E-state index contributed by atoms with van der Waals surface area (Å²) in [6, 6.07) is 7.11. The van der Waals surface area contributed by atoms with E-state index in [0.717, 1.165) is 16.4 Å². The first-order chi connectivity index (χ1) is 7.70.